The van der Waals surface area contributed by atoms with Crippen LogP contribution in [0.15, 0.2) is 28.8 Å². The molecule has 1 aromatic carbocycles. The Bertz CT molecular complexity index is 629. The molecular formula is C16H22N4O3. The zero-order chi connectivity index (χ0) is 16.2. The van der Waals surface area contributed by atoms with Gasteiger partial charge in [0.15, 0.2) is 11.9 Å². The number of hydrogen-bond acceptors (Lipinski definition) is 7. The fourth-order valence-electron chi connectivity index (χ4n) is 2.55. The molecule has 0 saturated carbocycles. The minimum absolute atomic E-state index is 0.134. The van der Waals surface area contributed by atoms with Crippen LogP contribution in [0.25, 0.3) is 0 Å². The molecule has 2 unspecified atom stereocenters. The molecule has 7 nitrogen and oxygen atoms in total. The van der Waals surface area contributed by atoms with Crippen molar-refractivity contribution < 1.29 is 14.0 Å². The summed E-state index contributed by atoms with van der Waals surface area (Å²) in [4.78, 5) is 6.73. The highest BCUT2D eigenvalue weighted by atomic mass is 16.5. The lowest BCUT2D eigenvalue weighted by Gasteiger charge is -2.30. The number of nitrogens with one attached hydrogen (secondary N) is 1. The average molecular weight is 318 g/mol. The lowest BCUT2D eigenvalue weighted by Crippen LogP contribution is -2.44. The standard InChI is InChI=1S/C16H22N4O3/c1-11(22-13-6-4-12(21-3)5-7-13)16-18-15(19-23-16)14-10-17-8-9-20(14)2/h4-7,11,14,17H,8-10H2,1-3H3. The Labute approximate surface area is 135 Å². The maximum atomic E-state index is 5.85. The Morgan fingerprint density at radius 2 is 2.04 bits per heavy atom. The van der Waals surface area contributed by atoms with E-state index in [2.05, 4.69) is 27.4 Å². The van der Waals surface area contributed by atoms with Crippen LogP contribution in [-0.2, 0) is 0 Å². The average Bonchev–Trinajstić information content (AvgIpc) is 3.06. The van der Waals surface area contributed by atoms with Crippen molar-refractivity contribution in [2.24, 2.45) is 0 Å². The lowest BCUT2D eigenvalue weighted by molar-refractivity contribution is 0.173. The maximum Gasteiger partial charge on any atom is 0.267 e. The molecular weight excluding hydrogens is 296 g/mol. The summed E-state index contributed by atoms with van der Waals surface area (Å²) in [5.74, 6) is 2.70. The molecule has 1 aliphatic heterocycles. The fourth-order valence-corrected chi connectivity index (χ4v) is 2.55. The lowest BCUT2D eigenvalue weighted by atomic mass is 10.2. The summed E-state index contributed by atoms with van der Waals surface area (Å²) in [7, 11) is 3.70. The van der Waals surface area contributed by atoms with Crippen molar-refractivity contribution in [3.8, 4) is 11.5 Å². The number of aromatic nitrogens is 2. The predicted octanol–water partition coefficient (Wildman–Crippen LogP) is 1.79. The minimum Gasteiger partial charge on any atom is -0.497 e. The van der Waals surface area contributed by atoms with Gasteiger partial charge >= 0.3 is 0 Å². The maximum absolute atomic E-state index is 5.85. The molecule has 23 heavy (non-hydrogen) atoms. The fraction of sp³-hybridized carbons (Fsp3) is 0.500. The van der Waals surface area contributed by atoms with Gasteiger partial charge in [-0.05, 0) is 38.2 Å². The molecule has 0 spiro atoms. The largest absolute Gasteiger partial charge is 0.497 e. The molecule has 1 aromatic heterocycles. The molecule has 0 aliphatic carbocycles. The number of ether oxygens (including phenoxy) is 2. The smallest absolute Gasteiger partial charge is 0.267 e. The second-order valence-electron chi connectivity index (χ2n) is 5.63. The third-order valence-corrected chi connectivity index (χ3v) is 3.99. The van der Waals surface area contributed by atoms with Gasteiger partial charge < -0.3 is 19.3 Å². The van der Waals surface area contributed by atoms with Gasteiger partial charge in [0.05, 0.1) is 13.2 Å². The van der Waals surface area contributed by atoms with Crippen molar-refractivity contribution in [3.05, 3.63) is 36.0 Å². The van der Waals surface area contributed by atoms with Crippen molar-refractivity contribution in [1.29, 1.82) is 0 Å². The van der Waals surface area contributed by atoms with Crippen LogP contribution in [0.5, 0.6) is 11.5 Å². The van der Waals surface area contributed by atoms with E-state index in [1.54, 1.807) is 7.11 Å². The summed E-state index contributed by atoms with van der Waals surface area (Å²) < 4.78 is 16.4. The van der Waals surface area contributed by atoms with Gasteiger partial charge in [-0.1, -0.05) is 5.16 Å². The van der Waals surface area contributed by atoms with Crippen LogP contribution in [0.1, 0.15) is 30.8 Å². The first-order valence-electron chi connectivity index (χ1n) is 7.72. The van der Waals surface area contributed by atoms with E-state index in [0.29, 0.717) is 11.7 Å². The SMILES string of the molecule is COc1ccc(OC(C)c2nc(C3CNCCN3C)no2)cc1. The summed E-state index contributed by atoms with van der Waals surface area (Å²) in [5, 5.41) is 7.46. The second-order valence-corrected chi connectivity index (χ2v) is 5.63. The Balaban J connectivity index is 1.66. The van der Waals surface area contributed by atoms with Crippen LogP contribution >= 0.6 is 0 Å². The van der Waals surface area contributed by atoms with Gasteiger partial charge in [0.1, 0.15) is 11.5 Å². The molecule has 1 saturated heterocycles. The summed E-state index contributed by atoms with van der Waals surface area (Å²) in [6, 6.07) is 7.54. The second kappa shape index (κ2) is 6.97. The number of rotatable bonds is 5. The summed E-state index contributed by atoms with van der Waals surface area (Å²) >= 11 is 0. The number of benzene rings is 1. The summed E-state index contributed by atoms with van der Waals surface area (Å²) in [5.41, 5.74) is 0. The third kappa shape index (κ3) is 3.62. The van der Waals surface area contributed by atoms with Gasteiger partial charge in [0.25, 0.3) is 5.89 Å². The van der Waals surface area contributed by atoms with Gasteiger partial charge in [0.2, 0.25) is 0 Å². The third-order valence-electron chi connectivity index (χ3n) is 3.99. The molecule has 1 aliphatic rings. The zero-order valence-electron chi connectivity index (χ0n) is 13.7. The van der Waals surface area contributed by atoms with Crippen molar-refractivity contribution in [2.45, 2.75) is 19.1 Å². The van der Waals surface area contributed by atoms with Crippen LogP contribution in [0.2, 0.25) is 0 Å². The molecule has 0 amide bonds. The van der Waals surface area contributed by atoms with Crippen molar-refractivity contribution >= 4 is 0 Å². The van der Waals surface area contributed by atoms with Gasteiger partial charge in [0, 0.05) is 19.6 Å². The molecule has 2 heterocycles. The van der Waals surface area contributed by atoms with Gasteiger partial charge in [-0.2, -0.15) is 4.98 Å². The molecule has 0 radical (unpaired) electrons. The van der Waals surface area contributed by atoms with E-state index in [-0.39, 0.29) is 12.1 Å². The topological polar surface area (TPSA) is 72.7 Å². The summed E-state index contributed by atoms with van der Waals surface area (Å²) in [6.07, 6.45) is -0.313. The van der Waals surface area contributed by atoms with Gasteiger partial charge in [-0.25, -0.2) is 0 Å². The zero-order valence-corrected chi connectivity index (χ0v) is 13.7. The van der Waals surface area contributed by atoms with Crippen LogP contribution in [0, 0.1) is 0 Å². The van der Waals surface area contributed by atoms with E-state index < -0.39 is 0 Å². The van der Waals surface area contributed by atoms with E-state index in [9.17, 15) is 0 Å². The van der Waals surface area contributed by atoms with Crippen LogP contribution in [0.3, 0.4) is 0 Å². The first kappa shape index (κ1) is 15.8. The molecule has 2 atom stereocenters. The number of piperazine rings is 1. The number of hydrogen-bond donors (Lipinski definition) is 1. The van der Waals surface area contributed by atoms with E-state index in [1.165, 1.54) is 0 Å². The Kier molecular flexibility index (Phi) is 4.78. The van der Waals surface area contributed by atoms with Crippen molar-refractivity contribution in [3.63, 3.8) is 0 Å². The normalized spacial score (nSPS) is 20.2. The van der Waals surface area contributed by atoms with Crippen LogP contribution in [0.4, 0.5) is 0 Å². The number of likely N-dealkylation sites (N-methyl/N-ethyl adjacent to an activating group) is 1. The Hall–Kier alpha value is -2.12. The molecule has 1 N–H and O–H groups in total. The van der Waals surface area contributed by atoms with E-state index in [4.69, 9.17) is 14.0 Å². The van der Waals surface area contributed by atoms with Crippen LogP contribution < -0.4 is 14.8 Å². The molecule has 124 valence electrons. The van der Waals surface area contributed by atoms with E-state index >= 15 is 0 Å². The minimum atomic E-state index is -0.313. The first-order chi connectivity index (χ1) is 11.2. The van der Waals surface area contributed by atoms with Crippen molar-refractivity contribution in [2.75, 3.05) is 33.8 Å². The highest BCUT2D eigenvalue weighted by Crippen LogP contribution is 2.25. The molecule has 1 fully saturated rings. The summed E-state index contributed by atoms with van der Waals surface area (Å²) in [6.45, 7) is 4.66. The molecule has 7 heteroatoms. The molecule has 0 bridgehead atoms. The van der Waals surface area contributed by atoms with E-state index in [1.807, 2.05) is 31.2 Å². The monoisotopic (exact) mass is 318 g/mol. The van der Waals surface area contributed by atoms with E-state index in [0.717, 1.165) is 31.1 Å². The predicted molar refractivity (Wildman–Crippen MR) is 84.6 cm³/mol. The van der Waals surface area contributed by atoms with Gasteiger partial charge in [-0.15, -0.1) is 0 Å². The first-order valence-corrected chi connectivity index (χ1v) is 7.72. The molecule has 3 rings (SSSR count). The quantitative estimate of drug-likeness (QED) is 0.901. The Morgan fingerprint density at radius 1 is 1.30 bits per heavy atom. The van der Waals surface area contributed by atoms with Crippen molar-refractivity contribution in [1.82, 2.24) is 20.4 Å². The Morgan fingerprint density at radius 3 is 2.74 bits per heavy atom. The van der Waals surface area contributed by atoms with Gasteiger partial charge in [-0.3, -0.25) is 4.90 Å². The highest BCUT2D eigenvalue weighted by Gasteiger charge is 2.26. The number of methoxy groups -OCH3 is 1. The highest BCUT2D eigenvalue weighted by molar-refractivity contribution is 5.31. The molecule has 2 aromatic rings. The van der Waals surface area contributed by atoms with Crippen LogP contribution in [-0.4, -0.2) is 48.8 Å². The number of nitrogens with zero attached hydrogens (tertiary/aromatic N) is 3.